The zero-order valence-corrected chi connectivity index (χ0v) is 20.8. The van der Waals surface area contributed by atoms with E-state index < -0.39 is 0 Å². The van der Waals surface area contributed by atoms with Gasteiger partial charge in [0.15, 0.2) is 0 Å². The van der Waals surface area contributed by atoms with E-state index in [4.69, 9.17) is 0 Å². The van der Waals surface area contributed by atoms with Crippen LogP contribution >= 0.6 is 0 Å². The molecule has 1 aromatic rings. The van der Waals surface area contributed by atoms with E-state index in [2.05, 4.69) is 60.6 Å². The summed E-state index contributed by atoms with van der Waals surface area (Å²) in [6.07, 6.45) is 10.9. The minimum Gasteiger partial charge on any atom is -0.371 e. The molecule has 3 fully saturated rings. The summed E-state index contributed by atoms with van der Waals surface area (Å²) in [7, 11) is 0. The molecule has 1 aromatic carbocycles. The molecule has 3 aliphatic rings. The van der Waals surface area contributed by atoms with Gasteiger partial charge >= 0.3 is 0 Å². The summed E-state index contributed by atoms with van der Waals surface area (Å²) < 4.78 is 0. The highest BCUT2D eigenvalue weighted by molar-refractivity contribution is 5.65. The maximum Gasteiger partial charge on any atom is 0.0423 e. The van der Waals surface area contributed by atoms with E-state index in [1.54, 1.807) is 11.3 Å². The van der Waals surface area contributed by atoms with E-state index in [0.29, 0.717) is 5.41 Å². The van der Waals surface area contributed by atoms with Gasteiger partial charge in [-0.05, 0) is 86.4 Å². The minimum atomic E-state index is 0.461. The van der Waals surface area contributed by atoms with Crippen molar-refractivity contribution in [2.45, 2.75) is 85.0 Å². The number of nitrogens with zero attached hydrogens (tertiary/aromatic N) is 3. The third-order valence-corrected chi connectivity index (χ3v) is 8.42. The fourth-order valence-corrected chi connectivity index (χ4v) is 6.19. The Morgan fingerprint density at radius 3 is 2.13 bits per heavy atom. The van der Waals surface area contributed by atoms with E-state index in [9.17, 15) is 0 Å². The molecule has 0 aromatic heterocycles. The number of piperazine rings is 1. The van der Waals surface area contributed by atoms with Crippen molar-refractivity contribution in [3.05, 3.63) is 23.8 Å². The number of hydrogen-bond donors (Lipinski definition) is 0. The Kier molecular flexibility index (Phi) is 7.52. The first kappa shape index (κ1) is 23.0. The predicted molar refractivity (Wildman–Crippen MR) is 136 cm³/mol. The van der Waals surface area contributed by atoms with Crippen molar-refractivity contribution in [2.24, 2.45) is 11.3 Å². The Morgan fingerprint density at radius 2 is 1.52 bits per heavy atom. The van der Waals surface area contributed by atoms with Crippen LogP contribution in [-0.2, 0) is 0 Å². The van der Waals surface area contributed by atoms with Crippen molar-refractivity contribution in [3.8, 4) is 0 Å². The summed E-state index contributed by atoms with van der Waals surface area (Å²) in [6.45, 7) is 18.2. The topological polar surface area (TPSA) is 9.72 Å². The molecule has 0 radical (unpaired) electrons. The lowest BCUT2D eigenvalue weighted by Gasteiger charge is -2.40. The van der Waals surface area contributed by atoms with E-state index >= 15 is 0 Å². The maximum absolute atomic E-state index is 2.73. The van der Waals surface area contributed by atoms with Crippen LogP contribution in [-0.4, -0.2) is 50.7 Å². The summed E-state index contributed by atoms with van der Waals surface area (Å²) in [5.41, 5.74) is 5.14. The normalized spacial score (nSPS) is 25.9. The number of rotatable bonds is 6. The number of benzene rings is 1. The fourth-order valence-electron chi connectivity index (χ4n) is 6.19. The molecule has 0 N–H and O–H groups in total. The Labute approximate surface area is 192 Å². The minimum absolute atomic E-state index is 0.461. The SMILES string of the molecule is CCCCN1CCN(c2cc(N3CCCC3)ccc2C2CCC(C(C)(C)C)CC2)CC1. The van der Waals surface area contributed by atoms with Crippen LogP contribution in [0.1, 0.15) is 90.5 Å². The molecule has 0 unspecified atom stereocenters. The largest absolute Gasteiger partial charge is 0.371 e. The molecule has 4 rings (SSSR count). The summed E-state index contributed by atoms with van der Waals surface area (Å²) in [5.74, 6) is 1.64. The van der Waals surface area contributed by atoms with Crippen molar-refractivity contribution in [3.63, 3.8) is 0 Å². The Hall–Kier alpha value is -1.22. The molecule has 1 aliphatic carbocycles. The van der Waals surface area contributed by atoms with Gasteiger partial charge in [0.25, 0.3) is 0 Å². The Bertz CT molecular complexity index is 685. The Balaban J connectivity index is 1.51. The lowest BCUT2D eigenvalue weighted by molar-refractivity contribution is 0.169. The standard InChI is InChI=1S/C28H47N3/c1-5-6-15-29-18-20-31(21-19-29)27-22-25(30-16-7-8-17-30)13-14-26(27)23-9-11-24(12-10-23)28(2,3)4/h13-14,22-24H,5-12,15-21H2,1-4H3. The highest BCUT2D eigenvalue weighted by atomic mass is 15.3. The van der Waals surface area contributed by atoms with Crippen LogP contribution in [0, 0.1) is 11.3 Å². The van der Waals surface area contributed by atoms with Crippen LogP contribution in [0.4, 0.5) is 11.4 Å². The van der Waals surface area contributed by atoms with Crippen LogP contribution in [0.5, 0.6) is 0 Å². The second-order valence-electron chi connectivity index (χ2n) is 11.5. The van der Waals surface area contributed by atoms with E-state index in [1.165, 1.54) is 103 Å². The van der Waals surface area contributed by atoms with Crippen LogP contribution in [0.15, 0.2) is 18.2 Å². The van der Waals surface area contributed by atoms with Gasteiger partial charge in [-0.3, -0.25) is 4.90 Å². The highest BCUT2D eigenvalue weighted by Gasteiger charge is 2.32. The average molecular weight is 426 g/mol. The average Bonchev–Trinajstić information content (AvgIpc) is 3.32. The molecular formula is C28H47N3. The molecule has 3 nitrogen and oxygen atoms in total. The van der Waals surface area contributed by atoms with Crippen LogP contribution in [0.3, 0.4) is 0 Å². The molecule has 0 atom stereocenters. The fraction of sp³-hybridized carbons (Fsp3) is 0.786. The smallest absolute Gasteiger partial charge is 0.0423 e. The van der Waals surface area contributed by atoms with Gasteiger partial charge in [-0.25, -0.2) is 0 Å². The Morgan fingerprint density at radius 1 is 0.839 bits per heavy atom. The molecule has 0 spiro atoms. The van der Waals surface area contributed by atoms with Gasteiger partial charge in [-0.2, -0.15) is 0 Å². The third kappa shape index (κ3) is 5.59. The number of anilines is 2. The monoisotopic (exact) mass is 425 g/mol. The molecule has 3 heteroatoms. The maximum atomic E-state index is 2.73. The summed E-state index contributed by atoms with van der Waals surface area (Å²) in [6, 6.07) is 7.53. The van der Waals surface area contributed by atoms with Gasteiger partial charge in [0, 0.05) is 50.6 Å². The summed E-state index contributed by atoms with van der Waals surface area (Å²) in [4.78, 5) is 8.02. The zero-order valence-electron chi connectivity index (χ0n) is 20.8. The summed E-state index contributed by atoms with van der Waals surface area (Å²) >= 11 is 0. The molecule has 174 valence electrons. The first-order valence-electron chi connectivity index (χ1n) is 13.3. The molecular weight excluding hydrogens is 378 g/mol. The molecule has 0 amide bonds. The van der Waals surface area contributed by atoms with Crippen molar-refractivity contribution >= 4 is 11.4 Å². The van der Waals surface area contributed by atoms with Crippen LogP contribution < -0.4 is 9.80 Å². The summed E-state index contributed by atoms with van der Waals surface area (Å²) in [5, 5.41) is 0. The lowest BCUT2D eigenvalue weighted by Crippen LogP contribution is -2.47. The van der Waals surface area contributed by atoms with Gasteiger partial charge in [0.1, 0.15) is 0 Å². The lowest BCUT2D eigenvalue weighted by atomic mass is 9.68. The third-order valence-electron chi connectivity index (χ3n) is 8.42. The molecule has 2 aliphatic heterocycles. The highest BCUT2D eigenvalue weighted by Crippen LogP contribution is 2.46. The van der Waals surface area contributed by atoms with Gasteiger partial charge < -0.3 is 9.80 Å². The first-order chi connectivity index (χ1) is 15.0. The second kappa shape index (κ2) is 10.1. The molecule has 0 bridgehead atoms. The van der Waals surface area contributed by atoms with E-state index in [0.717, 1.165) is 11.8 Å². The molecule has 2 saturated heterocycles. The van der Waals surface area contributed by atoms with Gasteiger partial charge in [0.05, 0.1) is 0 Å². The quantitative estimate of drug-likeness (QED) is 0.513. The van der Waals surface area contributed by atoms with Crippen molar-refractivity contribution in [1.82, 2.24) is 4.90 Å². The van der Waals surface area contributed by atoms with Crippen molar-refractivity contribution in [2.75, 3.05) is 55.6 Å². The molecule has 1 saturated carbocycles. The van der Waals surface area contributed by atoms with Gasteiger partial charge in [0.2, 0.25) is 0 Å². The van der Waals surface area contributed by atoms with Gasteiger partial charge in [-0.15, -0.1) is 0 Å². The van der Waals surface area contributed by atoms with Crippen LogP contribution in [0.25, 0.3) is 0 Å². The first-order valence-corrected chi connectivity index (χ1v) is 13.3. The number of hydrogen-bond acceptors (Lipinski definition) is 3. The number of unbranched alkanes of at least 4 members (excludes halogenated alkanes) is 1. The van der Waals surface area contributed by atoms with E-state index in [-0.39, 0.29) is 0 Å². The van der Waals surface area contributed by atoms with E-state index in [1.807, 2.05) is 0 Å². The van der Waals surface area contributed by atoms with Crippen molar-refractivity contribution in [1.29, 1.82) is 0 Å². The zero-order chi connectivity index (χ0) is 21.8. The predicted octanol–water partition coefficient (Wildman–Crippen LogP) is 6.53. The van der Waals surface area contributed by atoms with Crippen molar-refractivity contribution < 1.29 is 0 Å². The second-order valence-corrected chi connectivity index (χ2v) is 11.5. The van der Waals surface area contributed by atoms with Gasteiger partial charge in [-0.1, -0.05) is 40.2 Å². The molecule has 2 heterocycles. The molecule has 31 heavy (non-hydrogen) atoms. The van der Waals surface area contributed by atoms with Crippen LogP contribution in [0.2, 0.25) is 0 Å².